The molecule has 0 saturated carbocycles. The summed E-state index contributed by atoms with van der Waals surface area (Å²) in [6.45, 7) is 0.631. The normalized spacial score (nSPS) is 16.2. The van der Waals surface area contributed by atoms with Gasteiger partial charge in [0.1, 0.15) is 19.8 Å². The molecule has 8 heteroatoms. The van der Waals surface area contributed by atoms with Crippen molar-refractivity contribution in [1.82, 2.24) is 5.32 Å². The Kier molecular flexibility index (Phi) is 8.29. The van der Waals surface area contributed by atoms with Crippen LogP contribution < -0.4 is 14.8 Å². The minimum Gasteiger partial charge on any atom is -0.485 e. The third-order valence-corrected chi connectivity index (χ3v) is 6.46. The van der Waals surface area contributed by atoms with Gasteiger partial charge in [-0.25, -0.2) is 9.59 Å². The smallest absolute Gasteiger partial charge is 0.408 e. The zero-order valence-corrected chi connectivity index (χ0v) is 21.7. The number of esters is 1. The zero-order valence-electron chi connectivity index (χ0n) is 20.9. The van der Waals surface area contributed by atoms with Crippen LogP contribution in [0.1, 0.15) is 28.4 Å². The number of hydrogen-bond acceptors (Lipinski definition) is 6. The molecule has 0 aliphatic carbocycles. The van der Waals surface area contributed by atoms with Gasteiger partial charge in [0, 0.05) is 11.6 Å². The first kappa shape index (κ1) is 26.1. The summed E-state index contributed by atoms with van der Waals surface area (Å²) >= 11 is 6.66. The molecule has 1 saturated heterocycles. The van der Waals surface area contributed by atoms with Gasteiger partial charge in [-0.15, -0.1) is 0 Å². The number of nitrogens with one attached hydrogen (secondary N) is 1. The molecule has 1 aliphatic heterocycles. The predicted octanol–water partition coefficient (Wildman–Crippen LogP) is 6.39. The highest BCUT2D eigenvalue weighted by atomic mass is 35.5. The Labute approximate surface area is 231 Å². The highest BCUT2D eigenvalue weighted by Gasteiger charge is 2.43. The molecule has 5 rings (SSSR count). The molecular formula is C31H26ClNO6. The lowest BCUT2D eigenvalue weighted by Crippen LogP contribution is -2.37. The quantitative estimate of drug-likeness (QED) is 0.233. The number of carbonyl (C=O) groups excluding carboxylic acids is 2. The maximum Gasteiger partial charge on any atom is 0.408 e. The highest BCUT2D eigenvalue weighted by Crippen LogP contribution is 2.40. The van der Waals surface area contributed by atoms with Gasteiger partial charge in [0.15, 0.2) is 23.6 Å². The Morgan fingerprint density at radius 1 is 0.744 bits per heavy atom. The van der Waals surface area contributed by atoms with E-state index in [2.05, 4.69) is 5.32 Å². The molecule has 0 bridgehead atoms. The highest BCUT2D eigenvalue weighted by molar-refractivity contribution is 6.31. The number of rotatable bonds is 10. The van der Waals surface area contributed by atoms with E-state index in [1.165, 1.54) is 0 Å². The second-order valence-corrected chi connectivity index (χ2v) is 9.32. The molecule has 0 radical (unpaired) electrons. The summed E-state index contributed by atoms with van der Waals surface area (Å²) in [5, 5.41) is 2.79. The molecule has 1 N–H and O–H groups in total. The van der Waals surface area contributed by atoms with Gasteiger partial charge >= 0.3 is 12.1 Å². The minimum atomic E-state index is -1.09. The number of ether oxygens (including phenoxy) is 4. The van der Waals surface area contributed by atoms with Crippen LogP contribution in [0.25, 0.3) is 0 Å². The largest absolute Gasteiger partial charge is 0.485 e. The molecule has 2 unspecified atom stereocenters. The molecule has 1 fully saturated rings. The summed E-state index contributed by atoms with van der Waals surface area (Å²) in [7, 11) is 0. The molecule has 7 nitrogen and oxygen atoms in total. The molecule has 1 aliphatic rings. The Morgan fingerprint density at radius 2 is 1.23 bits per heavy atom. The van der Waals surface area contributed by atoms with Crippen molar-refractivity contribution < 1.29 is 28.5 Å². The van der Waals surface area contributed by atoms with E-state index in [0.717, 1.165) is 16.7 Å². The lowest BCUT2D eigenvalue weighted by atomic mass is 10.0. The van der Waals surface area contributed by atoms with Crippen LogP contribution in [0, 0.1) is 0 Å². The van der Waals surface area contributed by atoms with E-state index in [9.17, 15) is 9.59 Å². The first-order chi connectivity index (χ1) is 19.1. The average molecular weight is 544 g/mol. The first-order valence-corrected chi connectivity index (χ1v) is 12.8. The summed E-state index contributed by atoms with van der Waals surface area (Å²) in [6.07, 6.45) is -1.76. The summed E-state index contributed by atoms with van der Waals surface area (Å²) < 4.78 is 23.1. The fraction of sp³-hybridized carbons (Fsp3) is 0.161. The molecule has 39 heavy (non-hydrogen) atoms. The number of halogens is 1. The minimum absolute atomic E-state index is 0.0597. The predicted molar refractivity (Wildman–Crippen MR) is 145 cm³/mol. The lowest BCUT2D eigenvalue weighted by molar-refractivity contribution is -0.148. The maximum absolute atomic E-state index is 13.0. The van der Waals surface area contributed by atoms with Gasteiger partial charge in [0.2, 0.25) is 0 Å². The van der Waals surface area contributed by atoms with Crippen molar-refractivity contribution in [1.29, 1.82) is 0 Å². The first-order valence-electron chi connectivity index (χ1n) is 12.4. The van der Waals surface area contributed by atoms with Crippen LogP contribution in [0.15, 0.2) is 103 Å². The summed E-state index contributed by atoms with van der Waals surface area (Å²) in [5.74, 6) is 0.180. The van der Waals surface area contributed by atoms with Gasteiger partial charge in [0.05, 0.1) is 5.02 Å². The van der Waals surface area contributed by atoms with Crippen LogP contribution in [0.4, 0.5) is 4.79 Å². The topological polar surface area (TPSA) is 83.1 Å². The number of amides is 1. The Bertz CT molecular complexity index is 1420. The molecule has 1 heterocycles. The second-order valence-electron chi connectivity index (χ2n) is 8.91. The summed E-state index contributed by atoms with van der Waals surface area (Å²) in [5.41, 5.74) is 3.15. The van der Waals surface area contributed by atoms with Crippen molar-refractivity contribution in [3.05, 3.63) is 130 Å². The third kappa shape index (κ3) is 6.69. The van der Waals surface area contributed by atoms with Crippen molar-refractivity contribution in [3.63, 3.8) is 0 Å². The van der Waals surface area contributed by atoms with Crippen LogP contribution in [-0.4, -0.2) is 18.1 Å². The van der Waals surface area contributed by atoms with Gasteiger partial charge in [-0.1, -0.05) is 103 Å². The van der Waals surface area contributed by atoms with Crippen LogP contribution >= 0.6 is 11.6 Å². The van der Waals surface area contributed by atoms with E-state index in [1.54, 1.807) is 12.1 Å². The van der Waals surface area contributed by atoms with Gasteiger partial charge in [-0.2, -0.15) is 0 Å². The Hall–Kier alpha value is -4.49. The van der Waals surface area contributed by atoms with E-state index in [1.807, 2.05) is 91.0 Å². The van der Waals surface area contributed by atoms with Gasteiger partial charge < -0.3 is 24.3 Å². The number of cyclic esters (lactones) is 1. The molecule has 2 atom stereocenters. The van der Waals surface area contributed by atoms with E-state index >= 15 is 0 Å². The lowest BCUT2D eigenvalue weighted by Gasteiger charge is -2.20. The standard InChI is InChI=1S/C31H26ClNO6/c32-25-17-27(37-19-22-12-6-2-7-13-22)26(36-18-21-10-4-1-5-11-21)16-24(25)29-28(33-31(35)39-29)30(34)38-20-23-14-8-3-9-15-23/h1-17,28-29H,18-20H2,(H,33,35). The molecule has 0 spiro atoms. The fourth-order valence-electron chi connectivity index (χ4n) is 4.13. The van der Waals surface area contributed by atoms with Crippen molar-refractivity contribution in [2.75, 3.05) is 0 Å². The molecule has 4 aromatic rings. The molecular weight excluding hydrogens is 518 g/mol. The monoisotopic (exact) mass is 543 g/mol. The zero-order chi connectivity index (χ0) is 27.0. The van der Waals surface area contributed by atoms with Crippen LogP contribution in [-0.2, 0) is 34.1 Å². The van der Waals surface area contributed by atoms with Crippen molar-refractivity contribution >= 4 is 23.7 Å². The van der Waals surface area contributed by atoms with Crippen LogP contribution in [0.2, 0.25) is 5.02 Å². The Balaban J connectivity index is 1.39. The van der Waals surface area contributed by atoms with E-state index in [0.29, 0.717) is 23.7 Å². The maximum atomic E-state index is 13.0. The van der Waals surface area contributed by atoms with E-state index < -0.39 is 24.2 Å². The number of carbonyl (C=O) groups is 2. The SMILES string of the molecule is O=C1NC(C(=O)OCc2ccccc2)C(c2cc(OCc3ccccc3)c(OCc3ccccc3)cc2Cl)O1. The summed E-state index contributed by atoms with van der Waals surface area (Å²) in [6, 6.07) is 30.8. The molecule has 0 aromatic heterocycles. The number of benzene rings is 4. The molecule has 4 aromatic carbocycles. The molecule has 1 amide bonds. The average Bonchev–Trinajstić information content (AvgIpc) is 3.37. The van der Waals surface area contributed by atoms with Crippen molar-refractivity contribution in [2.45, 2.75) is 32.0 Å². The number of alkyl carbamates (subject to hydrolysis) is 1. The second kappa shape index (κ2) is 12.4. The van der Waals surface area contributed by atoms with Gasteiger partial charge in [-0.05, 0) is 22.8 Å². The van der Waals surface area contributed by atoms with Crippen LogP contribution in [0.5, 0.6) is 11.5 Å². The van der Waals surface area contributed by atoms with E-state index in [4.69, 9.17) is 30.5 Å². The fourth-order valence-corrected chi connectivity index (χ4v) is 4.39. The summed E-state index contributed by atoms with van der Waals surface area (Å²) in [4.78, 5) is 25.2. The Morgan fingerprint density at radius 3 is 1.77 bits per heavy atom. The van der Waals surface area contributed by atoms with Gasteiger partial charge in [-0.3, -0.25) is 0 Å². The molecule has 198 valence electrons. The van der Waals surface area contributed by atoms with Crippen LogP contribution in [0.3, 0.4) is 0 Å². The number of hydrogen-bond donors (Lipinski definition) is 1. The van der Waals surface area contributed by atoms with Crippen molar-refractivity contribution in [3.8, 4) is 11.5 Å². The van der Waals surface area contributed by atoms with Crippen molar-refractivity contribution in [2.24, 2.45) is 0 Å². The van der Waals surface area contributed by atoms with Gasteiger partial charge in [0.25, 0.3) is 0 Å². The van der Waals surface area contributed by atoms with E-state index in [-0.39, 0.29) is 18.2 Å². The third-order valence-electron chi connectivity index (χ3n) is 6.13.